The van der Waals surface area contributed by atoms with Crippen LogP contribution in [-0.2, 0) is 0 Å². The summed E-state index contributed by atoms with van der Waals surface area (Å²) in [5.41, 5.74) is 2.46. The van der Waals surface area contributed by atoms with Gasteiger partial charge in [0.05, 0.1) is 0 Å². The van der Waals surface area contributed by atoms with Gasteiger partial charge in [-0.15, -0.1) is 0 Å². The number of anilines is 2. The van der Waals surface area contributed by atoms with Crippen LogP contribution in [0.1, 0.15) is 12.8 Å². The summed E-state index contributed by atoms with van der Waals surface area (Å²) >= 11 is 1.28. The van der Waals surface area contributed by atoms with Crippen LogP contribution in [0.3, 0.4) is 0 Å². The zero-order chi connectivity index (χ0) is 13.1. The predicted molar refractivity (Wildman–Crippen MR) is 69.6 cm³/mol. The summed E-state index contributed by atoms with van der Waals surface area (Å²) in [7, 11) is 0. The van der Waals surface area contributed by atoms with E-state index in [4.69, 9.17) is 5.84 Å². The number of nitrogen functional groups attached to an aromatic ring is 1. The van der Waals surface area contributed by atoms with E-state index < -0.39 is 0 Å². The lowest BCUT2D eigenvalue weighted by Crippen LogP contribution is -2.22. The second kappa shape index (κ2) is 5.36. The molecule has 3 rings (SSSR count). The fourth-order valence-corrected chi connectivity index (χ4v) is 2.48. The van der Waals surface area contributed by atoms with E-state index in [-0.39, 0.29) is 0 Å². The number of aromatic amines is 1. The minimum atomic E-state index is 0.346. The summed E-state index contributed by atoms with van der Waals surface area (Å²) in [5.74, 6) is 6.38. The number of nitrogens with two attached hydrogens (primary N) is 1. The maximum Gasteiger partial charge on any atom is 0.242 e. The molecule has 19 heavy (non-hydrogen) atoms. The van der Waals surface area contributed by atoms with Gasteiger partial charge in [-0.2, -0.15) is 20.1 Å². The summed E-state index contributed by atoms with van der Waals surface area (Å²) < 4.78 is 0. The first kappa shape index (κ1) is 12.1. The highest BCUT2D eigenvalue weighted by molar-refractivity contribution is 7.99. The Morgan fingerprint density at radius 2 is 2.11 bits per heavy atom. The zero-order valence-electron chi connectivity index (χ0n) is 10.1. The van der Waals surface area contributed by atoms with E-state index in [9.17, 15) is 0 Å². The third-order valence-corrected chi connectivity index (χ3v) is 3.46. The zero-order valence-corrected chi connectivity index (χ0v) is 10.9. The number of hydrogen-bond donors (Lipinski definition) is 3. The summed E-state index contributed by atoms with van der Waals surface area (Å²) in [4.78, 5) is 19.0. The van der Waals surface area contributed by atoms with E-state index in [2.05, 4.69) is 40.5 Å². The van der Waals surface area contributed by atoms with Crippen LogP contribution in [0.5, 0.6) is 0 Å². The molecule has 1 aliphatic heterocycles. The number of nitrogens with zero attached hydrogens (tertiary/aromatic N) is 6. The third-order valence-electron chi connectivity index (χ3n) is 2.70. The van der Waals surface area contributed by atoms with Gasteiger partial charge in [0.2, 0.25) is 17.1 Å². The van der Waals surface area contributed by atoms with E-state index in [1.165, 1.54) is 18.1 Å². The van der Waals surface area contributed by atoms with E-state index in [0.717, 1.165) is 25.9 Å². The number of hydrogen-bond acceptors (Lipinski definition) is 9. The van der Waals surface area contributed by atoms with Gasteiger partial charge < -0.3 is 4.90 Å². The van der Waals surface area contributed by atoms with Crippen LogP contribution in [0.25, 0.3) is 0 Å². The van der Waals surface area contributed by atoms with Crippen LogP contribution >= 0.6 is 11.8 Å². The van der Waals surface area contributed by atoms with Crippen molar-refractivity contribution in [3.8, 4) is 0 Å². The average Bonchev–Trinajstić information content (AvgIpc) is 3.11. The Labute approximate surface area is 113 Å². The van der Waals surface area contributed by atoms with E-state index in [0.29, 0.717) is 22.2 Å². The quantitative estimate of drug-likeness (QED) is 0.525. The first-order chi connectivity index (χ1) is 9.35. The summed E-state index contributed by atoms with van der Waals surface area (Å²) in [6, 6.07) is 0. The fraction of sp³-hybridized carbons (Fsp3) is 0.444. The predicted octanol–water partition coefficient (Wildman–Crippen LogP) is 0.0267. The van der Waals surface area contributed by atoms with E-state index in [1.54, 1.807) is 0 Å². The molecule has 0 amide bonds. The van der Waals surface area contributed by atoms with Crippen molar-refractivity contribution in [2.45, 2.75) is 23.2 Å². The third kappa shape index (κ3) is 2.74. The Morgan fingerprint density at radius 1 is 1.26 bits per heavy atom. The molecule has 0 aromatic carbocycles. The normalized spacial score (nSPS) is 14.9. The molecule has 3 heterocycles. The van der Waals surface area contributed by atoms with Crippen molar-refractivity contribution in [1.29, 1.82) is 0 Å². The Morgan fingerprint density at radius 3 is 2.79 bits per heavy atom. The lowest BCUT2D eigenvalue weighted by Gasteiger charge is -2.15. The monoisotopic (exact) mass is 279 g/mol. The molecule has 100 valence electrons. The van der Waals surface area contributed by atoms with Crippen LogP contribution in [0.15, 0.2) is 16.6 Å². The molecule has 10 heteroatoms. The number of nitrogens with one attached hydrogen (secondary N) is 2. The molecule has 2 aromatic rings. The van der Waals surface area contributed by atoms with Crippen LogP contribution in [0.2, 0.25) is 0 Å². The van der Waals surface area contributed by atoms with Crippen molar-refractivity contribution in [2.24, 2.45) is 5.84 Å². The first-order valence-electron chi connectivity index (χ1n) is 5.86. The van der Waals surface area contributed by atoms with Crippen LogP contribution in [0.4, 0.5) is 11.9 Å². The molecule has 0 bridgehead atoms. The Hall–Kier alpha value is -1.94. The minimum Gasteiger partial charge on any atom is -0.341 e. The lowest BCUT2D eigenvalue weighted by molar-refractivity contribution is 0.824. The summed E-state index contributed by atoms with van der Waals surface area (Å²) in [6.45, 7) is 1.92. The highest BCUT2D eigenvalue weighted by Gasteiger charge is 2.17. The van der Waals surface area contributed by atoms with Crippen molar-refractivity contribution in [3.63, 3.8) is 0 Å². The molecule has 2 aromatic heterocycles. The fourth-order valence-electron chi connectivity index (χ4n) is 1.84. The smallest absolute Gasteiger partial charge is 0.242 e. The van der Waals surface area contributed by atoms with Gasteiger partial charge in [-0.1, -0.05) is 0 Å². The molecule has 9 nitrogen and oxygen atoms in total. The number of rotatable bonds is 4. The Kier molecular flexibility index (Phi) is 3.42. The van der Waals surface area contributed by atoms with Crippen molar-refractivity contribution < 1.29 is 0 Å². The summed E-state index contributed by atoms with van der Waals surface area (Å²) in [5, 5.41) is 7.69. The number of H-pyrrole nitrogens is 1. The topological polar surface area (TPSA) is 122 Å². The average molecular weight is 279 g/mol. The molecule has 0 atom stereocenters. The molecular weight excluding hydrogens is 266 g/mol. The molecule has 0 radical (unpaired) electrons. The SMILES string of the molecule is NNc1nc(Sc2ncn[nH]2)nc(N2CCCC2)n1. The van der Waals surface area contributed by atoms with Gasteiger partial charge in [0, 0.05) is 13.1 Å². The molecule has 0 spiro atoms. The maximum atomic E-state index is 5.39. The van der Waals surface area contributed by atoms with Crippen molar-refractivity contribution in [1.82, 2.24) is 30.1 Å². The Bertz CT molecular complexity index is 537. The van der Waals surface area contributed by atoms with Crippen molar-refractivity contribution in [3.05, 3.63) is 6.33 Å². The van der Waals surface area contributed by atoms with Gasteiger partial charge in [0.1, 0.15) is 6.33 Å². The van der Waals surface area contributed by atoms with Crippen LogP contribution < -0.4 is 16.2 Å². The summed E-state index contributed by atoms with van der Waals surface area (Å²) in [6.07, 6.45) is 3.75. The lowest BCUT2D eigenvalue weighted by atomic mass is 10.4. The second-order valence-corrected chi connectivity index (χ2v) is 4.93. The molecule has 0 saturated carbocycles. The minimum absolute atomic E-state index is 0.346. The van der Waals surface area contributed by atoms with Gasteiger partial charge >= 0.3 is 0 Å². The molecule has 0 aliphatic carbocycles. The number of hydrazine groups is 1. The highest BCUT2D eigenvalue weighted by atomic mass is 32.2. The van der Waals surface area contributed by atoms with Gasteiger partial charge in [0.15, 0.2) is 5.16 Å². The molecule has 4 N–H and O–H groups in total. The first-order valence-corrected chi connectivity index (χ1v) is 6.67. The van der Waals surface area contributed by atoms with Gasteiger partial charge in [-0.05, 0) is 24.6 Å². The molecular formula is C9H13N9S. The highest BCUT2D eigenvalue weighted by Crippen LogP contribution is 2.24. The van der Waals surface area contributed by atoms with Crippen LogP contribution in [0, 0.1) is 0 Å². The molecule has 0 unspecified atom stereocenters. The van der Waals surface area contributed by atoms with E-state index in [1.807, 2.05) is 0 Å². The Balaban J connectivity index is 1.88. The van der Waals surface area contributed by atoms with Gasteiger partial charge in [-0.25, -0.2) is 10.8 Å². The molecule has 1 saturated heterocycles. The largest absolute Gasteiger partial charge is 0.341 e. The maximum absolute atomic E-state index is 5.39. The van der Waals surface area contributed by atoms with Gasteiger partial charge in [0.25, 0.3) is 0 Å². The van der Waals surface area contributed by atoms with E-state index >= 15 is 0 Å². The molecule has 1 aliphatic rings. The van der Waals surface area contributed by atoms with Crippen LogP contribution in [-0.4, -0.2) is 43.2 Å². The number of aromatic nitrogens is 6. The standard InChI is InChI=1S/C9H13N9S/c10-16-6-13-7(18-3-1-2-4-18)15-9(14-6)19-8-11-5-12-17-8/h5H,1-4,10H2,(H,11,12,17)(H,13,14,15,16). The van der Waals surface area contributed by atoms with Gasteiger partial charge in [-0.3, -0.25) is 10.5 Å². The molecule has 1 fully saturated rings. The van der Waals surface area contributed by atoms with Crippen molar-refractivity contribution in [2.75, 3.05) is 23.4 Å². The van der Waals surface area contributed by atoms with Crippen molar-refractivity contribution >= 4 is 23.7 Å². The second-order valence-electron chi connectivity index (χ2n) is 3.97.